The van der Waals surface area contributed by atoms with E-state index in [-0.39, 0.29) is 6.04 Å². The second-order valence-electron chi connectivity index (χ2n) is 4.45. The molecule has 0 amide bonds. The van der Waals surface area contributed by atoms with Crippen LogP contribution in [0.3, 0.4) is 0 Å². The van der Waals surface area contributed by atoms with E-state index in [1.165, 1.54) is 5.69 Å². The minimum absolute atomic E-state index is 0.242. The summed E-state index contributed by atoms with van der Waals surface area (Å²) in [6.07, 6.45) is 1.83. The molecular weight excluding hydrogens is 224 g/mol. The lowest BCUT2D eigenvalue weighted by Gasteiger charge is -2.13. The average molecular weight is 244 g/mol. The van der Waals surface area contributed by atoms with Crippen LogP contribution in [0.1, 0.15) is 37.0 Å². The van der Waals surface area contributed by atoms with Gasteiger partial charge >= 0.3 is 0 Å². The van der Waals surface area contributed by atoms with Crippen LogP contribution in [0.5, 0.6) is 0 Å². The Hall–Kier alpha value is -1.68. The molecule has 0 saturated carbocycles. The van der Waals surface area contributed by atoms with Crippen LogP contribution in [0.25, 0.3) is 0 Å². The van der Waals surface area contributed by atoms with Crippen molar-refractivity contribution in [3.8, 4) is 0 Å². The molecule has 1 atom stereocenters. The first-order valence-corrected chi connectivity index (χ1v) is 6.38. The van der Waals surface area contributed by atoms with E-state index in [1.54, 1.807) is 0 Å². The summed E-state index contributed by atoms with van der Waals surface area (Å²) >= 11 is 0. The number of pyridine rings is 1. The molecule has 18 heavy (non-hydrogen) atoms. The fraction of sp³-hybridized carbons (Fsp3) is 0.429. The molecule has 2 aromatic rings. The summed E-state index contributed by atoms with van der Waals surface area (Å²) in [6.45, 7) is 7.98. The molecule has 96 valence electrons. The lowest BCUT2D eigenvalue weighted by Crippen LogP contribution is -2.21. The SMILES string of the molecule is CCn1nc(C)cc1CN[C@H](C)c1ccccn1. The Bertz CT molecular complexity index is 490. The predicted molar refractivity (Wildman–Crippen MR) is 72.1 cm³/mol. The molecular formula is C14H20N4. The van der Waals surface area contributed by atoms with Crippen LogP contribution in [0.15, 0.2) is 30.5 Å². The van der Waals surface area contributed by atoms with Gasteiger partial charge in [0.2, 0.25) is 0 Å². The van der Waals surface area contributed by atoms with Crippen molar-refractivity contribution in [2.75, 3.05) is 0 Å². The third-order valence-electron chi connectivity index (χ3n) is 3.01. The second kappa shape index (κ2) is 5.78. The minimum Gasteiger partial charge on any atom is -0.303 e. The van der Waals surface area contributed by atoms with Crippen molar-refractivity contribution in [1.29, 1.82) is 0 Å². The van der Waals surface area contributed by atoms with Gasteiger partial charge in [-0.05, 0) is 39.0 Å². The molecule has 0 radical (unpaired) electrons. The molecule has 4 heteroatoms. The van der Waals surface area contributed by atoms with E-state index in [1.807, 2.05) is 36.0 Å². The zero-order valence-electron chi connectivity index (χ0n) is 11.2. The monoisotopic (exact) mass is 244 g/mol. The Labute approximate surface area is 108 Å². The first-order valence-electron chi connectivity index (χ1n) is 6.38. The third kappa shape index (κ3) is 2.96. The molecule has 0 fully saturated rings. The number of aromatic nitrogens is 3. The smallest absolute Gasteiger partial charge is 0.0597 e. The van der Waals surface area contributed by atoms with Crippen LogP contribution < -0.4 is 5.32 Å². The second-order valence-corrected chi connectivity index (χ2v) is 4.45. The van der Waals surface area contributed by atoms with Crippen LogP contribution in [0.4, 0.5) is 0 Å². The molecule has 0 unspecified atom stereocenters. The zero-order valence-corrected chi connectivity index (χ0v) is 11.2. The quantitative estimate of drug-likeness (QED) is 0.878. The normalized spacial score (nSPS) is 12.6. The van der Waals surface area contributed by atoms with Gasteiger partial charge in [-0.3, -0.25) is 9.67 Å². The Kier molecular flexibility index (Phi) is 4.10. The van der Waals surface area contributed by atoms with Crippen LogP contribution in [0, 0.1) is 6.92 Å². The minimum atomic E-state index is 0.242. The highest BCUT2D eigenvalue weighted by atomic mass is 15.3. The zero-order chi connectivity index (χ0) is 13.0. The average Bonchev–Trinajstić information content (AvgIpc) is 2.77. The van der Waals surface area contributed by atoms with Gasteiger partial charge in [-0.15, -0.1) is 0 Å². The first kappa shape index (κ1) is 12.8. The van der Waals surface area contributed by atoms with Gasteiger partial charge in [0.25, 0.3) is 0 Å². The van der Waals surface area contributed by atoms with Crippen LogP contribution in [0.2, 0.25) is 0 Å². The maximum Gasteiger partial charge on any atom is 0.0597 e. The Balaban J connectivity index is 1.99. The molecule has 0 bridgehead atoms. The summed E-state index contributed by atoms with van der Waals surface area (Å²) in [5.41, 5.74) is 3.36. The van der Waals surface area contributed by atoms with Crippen molar-refractivity contribution in [2.24, 2.45) is 0 Å². The molecule has 2 heterocycles. The largest absolute Gasteiger partial charge is 0.303 e. The molecule has 2 rings (SSSR count). The van der Waals surface area contributed by atoms with Gasteiger partial charge in [0.15, 0.2) is 0 Å². The number of nitrogens with zero attached hydrogens (tertiary/aromatic N) is 3. The van der Waals surface area contributed by atoms with Crippen molar-refractivity contribution in [3.63, 3.8) is 0 Å². The molecule has 0 spiro atoms. The van der Waals surface area contributed by atoms with Crippen molar-refractivity contribution in [3.05, 3.63) is 47.5 Å². The molecule has 0 aliphatic rings. The van der Waals surface area contributed by atoms with Gasteiger partial charge in [0, 0.05) is 25.3 Å². The van der Waals surface area contributed by atoms with Gasteiger partial charge in [0.1, 0.15) is 0 Å². The number of nitrogens with one attached hydrogen (secondary N) is 1. The topological polar surface area (TPSA) is 42.7 Å². The van der Waals surface area contributed by atoms with Crippen LogP contribution in [-0.2, 0) is 13.1 Å². The molecule has 1 N–H and O–H groups in total. The van der Waals surface area contributed by atoms with Gasteiger partial charge in [-0.1, -0.05) is 6.07 Å². The van der Waals surface area contributed by atoms with Gasteiger partial charge in [-0.2, -0.15) is 5.10 Å². The fourth-order valence-electron chi connectivity index (χ4n) is 2.01. The Morgan fingerprint density at radius 3 is 2.89 bits per heavy atom. The standard InChI is InChI=1S/C14H20N4/c1-4-18-13(9-11(2)17-18)10-16-12(3)14-7-5-6-8-15-14/h5-9,12,16H,4,10H2,1-3H3/t12-/m1/s1. The Morgan fingerprint density at radius 2 is 2.22 bits per heavy atom. The molecule has 0 aliphatic heterocycles. The summed E-state index contributed by atoms with van der Waals surface area (Å²) in [7, 11) is 0. The van der Waals surface area contributed by atoms with E-state index in [0.717, 1.165) is 24.5 Å². The maximum absolute atomic E-state index is 4.44. The summed E-state index contributed by atoms with van der Waals surface area (Å²) < 4.78 is 2.04. The molecule has 0 aliphatic carbocycles. The van der Waals surface area contributed by atoms with Gasteiger partial charge in [-0.25, -0.2) is 0 Å². The molecule has 0 saturated heterocycles. The third-order valence-corrected chi connectivity index (χ3v) is 3.01. The summed E-state index contributed by atoms with van der Waals surface area (Å²) in [5, 5.41) is 7.92. The highest BCUT2D eigenvalue weighted by Gasteiger charge is 2.08. The summed E-state index contributed by atoms with van der Waals surface area (Å²) in [4.78, 5) is 4.35. The number of aryl methyl sites for hydroxylation is 2. The predicted octanol–water partition coefficient (Wildman–Crippen LogP) is 2.46. The molecule has 2 aromatic heterocycles. The lowest BCUT2D eigenvalue weighted by molar-refractivity contribution is 0.523. The van der Waals surface area contributed by atoms with E-state index in [9.17, 15) is 0 Å². The van der Waals surface area contributed by atoms with E-state index >= 15 is 0 Å². The highest BCUT2D eigenvalue weighted by Crippen LogP contribution is 2.10. The maximum atomic E-state index is 4.44. The number of hydrogen-bond acceptors (Lipinski definition) is 3. The van der Waals surface area contributed by atoms with Crippen molar-refractivity contribution in [2.45, 2.75) is 39.9 Å². The van der Waals surface area contributed by atoms with Gasteiger partial charge in [0.05, 0.1) is 17.1 Å². The first-order chi connectivity index (χ1) is 8.70. The summed E-state index contributed by atoms with van der Waals surface area (Å²) in [6, 6.07) is 8.36. The molecule has 4 nitrogen and oxygen atoms in total. The van der Waals surface area contributed by atoms with E-state index in [4.69, 9.17) is 0 Å². The van der Waals surface area contributed by atoms with Crippen molar-refractivity contribution >= 4 is 0 Å². The fourth-order valence-corrected chi connectivity index (χ4v) is 2.01. The van der Waals surface area contributed by atoms with Crippen molar-refractivity contribution in [1.82, 2.24) is 20.1 Å². The number of rotatable bonds is 5. The van der Waals surface area contributed by atoms with Gasteiger partial charge < -0.3 is 5.32 Å². The van der Waals surface area contributed by atoms with E-state index in [0.29, 0.717) is 0 Å². The van der Waals surface area contributed by atoms with E-state index < -0.39 is 0 Å². The lowest BCUT2D eigenvalue weighted by atomic mass is 10.2. The Morgan fingerprint density at radius 1 is 1.39 bits per heavy atom. The summed E-state index contributed by atoms with van der Waals surface area (Å²) in [5.74, 6) is 0. The number of hydrogen-bond donors (Lipinski definition) is 1. The molecule has 0 aromatic carbocycles. The van der Waals surface area contributed by atoms with Crippen LogP contribution in [-0.4, -0.2) is 14.8 Å². The highest BCUT2D eigenvalue weighted by molar-refractivity contribution is 5.11. The van der Waals surface area contributed by atoms with Crippen molar-refractivity contribution < 1.29 is 0 Å². The van der Waals surface area contributed by atoms with E-state index in [2.05, 4.69) is 35.3 Å². The van der Waals surface area contributed by atoms with Crippen LogP contribution >= 0.6 is 0 Å².